The van der Waals surface area contributed by atoms with Gasteiger partial charge in [0.25, 0.3) is 5.91 Å². The number of hydrogen-bond acceptors (Lipinski definition) is 3. The first-order valence-electron chi connectivity index (χ1n) is 5.59. The summed E-state index contributed by atoms with van der Waals surface area (Å²) in [7, 11) is 1.58. The van der Waals surface area contributed by atoms with Crippen molar-refractivity contribution in [2.24, 2.45) is 5.92 Å². The van der Waals surface area contributed by atoms with E-state index in [1.54, 1.807) is 18.5 Å². The Balaban J connectivity index is 2.66. The maximum absolute atomic E-state index is 11.8. The maximum Gasteiger partial charge on any atom is 0.252 e. The quantitative estimate of drug-likeness (QED) is 0.839. The van der Waals surface area contributed by atoms with Crippen LogP contribution < -0.4 is 10.6 Å². The van der Waals surface area contributed by atoms with Crippen LogP contribution in [0.1, 0.15) is 30.6 Å². The molecule has 1 aromatic rings. The number of carbonyl (C=O) groups is 2. The van der Waals surface area contributed by atoms with E-state index < -0.39 is 6.04 Å². The smallest absolute Gasteiger partial charge is 0.252 e. The fourth-order valence-electron chi connectivity index (χ4n) is 1.51. The molecule has 0 aliphatic heterocycles. The van der Waals surface area contributed by atoms with Crippen molar-refractivity contribution >= 4 is 23.2 Å². The zero-order valence-electron chi connectivity index (χ0n) is 10.3. The Morgan fingerprint density at radius 3 is 2.59 bits per heavy atom. The third-order valence-corrected chi connectivity index (χ3v) is 3.04. The number of thiophene rings is 1. The van der Waals surface area contributed by atoms with Gasteiger partial charge in [-0.2, -0.15) is 11.3 Å². The molecule has 0 aliphatic rings. The molecule has 0 unspecified atom stereocenters. The maximum atomic E-state index is 11.8. The molecule has 5 heteroatoms. The van der Waals surface area contributed by atoms with Crippen molar-refractivity contribution in [1.29, 1.82) is 0 Å². The van der Waals surface area contributed by atoms with Crippen molar-refractivity contribution in [3.8, 4) is 0 Å². The molecule has 2 N–H and O–H groups in total. The molecule has 1 atom stereocenters. The van der Waals surface area contributed by atoms with E-state index in [0.717, 1.165) is 0 Å². The van der Waals surface area contributed by atoms with Crippen LogP contribution in [-0.2, 0) is 4.79 Å². The van der Waals surface area contributed by atoms with Crippen molar-refractivity contribution in [2.45, 2.75) is 26.3 Å². The minimum Gasteiger partial charge on any atom is -0.357 e. The molecule has 0 fully saturated rings. The van der Waals surface area contributed by atoms with E-state index in [0.29, 0.717) is 17.9 Å². The second-order valence-corrected chi connectivity index (χ2v) is 5.06. The highest BCUT2D eigenvalue weighted by Crippen LogP contribution is 2.09. The van der Waals surface area contributed by atoms with Gasteiger partial charge in [0, 0.05) is 12.4 Å². The van der Waals surface area contributed by atoms with E-state index >= 15 is 0 Å². The molecule has 17 heavy (non-hydrogen) atoms. The molecule has 94 valence electrons. The van der Waals surface area contributed by atoms with Crippen LogP contribution in [0.4, 0.5) is 0 Å². The standard InChI is InChI=1S/C12H18N2O2S/c1-8(2)6-10(12(16)13-3)14-11(15)9-4-5-17-7-9/h4-5,7-8,10H,6H2,1-3H3,(H,13,16)(H,14,15)/t10-/m0/s1. The second-order valence-electron chi connectivity index (χ2n) is 4.28. The Morgan fingerprint density at radius 1 is 1.41 bits per heavy atom. The molecule has 1 heterocycles. The zero-order chi connectivity index (χ0) is 12.8. The molecule has 0 saturated heterocycles. The summed E-state index contributed by atoms with van der Waals surface area (Å²) < 4.78 is 0. The lowest BCUT2D eigenvalue weighted by molar-refractivity contribution is -0.122. The summed E-state index contributed by atoms with van der Waals surface area (Å²) in [5.74, 6) is 0.00264. The second kappa shape index (κ2) is 6.39. The van der Waals surface area contributed by atoms with Crippen LogP contribution in [0, 0.1) is 5.92 Å². The highest BCUT2D eigenvalue weighted by Gasteiger charge is 2.21. The predicted molar refractivity (Wildman–Crippen MR) is 69.1 cm³/mol. The Labute approximate surface area is 105 Å². The summed E-state index contributed by atoms with van der Waals surface area (Å²) in [6.45, 7) is 4.04. The van der Waals surface area contributed by atoms with Crippen molar-refractivity contribution < 1.29 is 9.59 Å². The van der Waals surface area contributed by atoms with Gasteiger partial charge in [-0.15, -0.1) is 0 Å². The van der Waals surface area contributed by atoms with Crippen LogP contribution in [0.2, 0.25) is 0 Å². The van der Waals surface area contributed by atoms with E-state index in [9.17, 15) is 9.59 Å². The average molecular weight is 254 g/mol. The molecule has 4 nitrogen and oxygen atoms in total. The molecular formula is C12H18N2O2S. The SMILES string of the molecule is CNC(=O)[C@H](CC(C)C)NC(=O)c1ccsc1. The van der Waals surface area contributed by atoms with Gasteiger partial charge in [-0.3, -0.25) is 9.59 Å². The Bertz CT molecular complexity index is 374. The summed E-state index contributed by atoms with van der Waals surface area (Å²) in [4.78, 5) is 23.5. The summed E-state index contributed by atoms with van der Waals surface area (Å²) in [6.07, 6.45) is 0.634. The summed E-state index contributed by atoms with van der Waals surface area (Å²) in [6, 6.07) is 1.28. The first-order valence-corrected chi connectivity index (χ1v) is 6.53. The van der Waals surface area contributed by atoms with Gasteiger partial charge in [-0.05, 0) is 23.8 Å². The van der Waals surface area contributed by atoms with Gasteiger partial charge in [0.1, 0.15) is 6.04 Å². The minimum absolute atomic E-state index is 0.151. The van der Waals surface area contributed by atoms with Gasteiger partial charge in [0.15, 0.2) is 0 Å². The van der Waals surface area contributed by atoms with Gasteiger partial charge in [-0.1, -0.05) is 13.8 Å². The lowest BCUT2D eigenvalue weighted by Gasteiger charge is -2.18. The Kier molecular flexibility index (Phi) is 5.15. The molecule has 1 aromatic heterocycles. The van der Waals surface area contributed by atoms with Crippen LogP contribution in [-0.4, -0.2) is 24.9 Å². The third-order valence-electron chi connectivity index (χ3n) is 2.36. The van der Waals surface area contributed by atoms with E-state index in [1.165, 1.54) is 11.3 Å². The number of hydrogen-bond donors (Lipinski definition) is 2. The predicted octanol–water partition coefficient (Wildman–Crippen LogP) is 1.64. The monoisotopic (exact) mass is 254 g/mol. The van der Waals surface area contributed by atoms with Crippen LogP contribution in [0.25, 0.3) is 0 Å². The van der Waals surface area contributed by atoms with Crippen molar-refractivity contribution in [1.82, 2.24) is 10.6 Å². The molecule has 0 saturated carbocycles. The summed E-state index contributed by atoms with van der Waals surface area (Å²) in [5.41, 5.74) is 0.604. The summed E-state index contributed by atoms with van der Waals surface area (Å²) in [5, 5.41) is 8.94. The molecule has 0 aliphatic carbocycles. The number of likely N-dealkylation sites (N-methyl/N-ethyl adjacent to an activating group) is 1. The lowest BCUT2D eigenvalue weighted by atomic mass is 10.0. The Morgan fingerprint density at radius 2 is 2.12 bits per heavy atom. The van der Waals surface area contributed by atoms with E-state index in [1.807, 2.05) is 19.2 Å². The number of carbonyl (C=O) groups excluding carboxylic acids is 2. The van der Waals surface area contributed by atoms with E-state index in [-0.39, 0.29) is 11.8 Å². The van der Waals surface area contributed by atoms with Crippen molar-refractivity contribution in [3.63, 3.8) is 0 Å². The largest absolute Gasteiger partial charge is 0.357 e. The van der Waals surface area contributed by atoms with E-state index in [2.05, 4.69) is 10.6 Å². The first kappa shape index (κ1) is 13.7. The highest BCUT2D eigenvalue weighted by molar-refractivity contribution is 7.08. The molecule has 0 aromatic carbocycles. The lowest BCUT2D eigenvalue weighted by Crippen LogP contribution is -2.46. The van der Waals surface area contributed by atoms with Gasteiger partial charge in [-0.25, -0.2) is 0 Å². The fraction of sp³-hybridized carbons (Fsp3) is 0.500. The van der Waals surface area contributed by atoms with Gasteiger partial charge in [0.05, 0.1) is 5.56 Å². The first-order chi connectivity index (χ1) is 8.04. The van der Waals surface area contributed by atoms with Crippen LogP contribution in [0.15, 0.2) is 16.8 Å². The fourth-order valence-corrected chi connectivity index (χ4v) is 2.15. The minimum atomic E-state index is -0.465. The number of rotatable bonds is 5. The molecule has 1 rings (SSSR count). The topological polar surface area (TPSA) is 58.2 Å². The zero-order valence-corrected chi connectivity index (χ0v) is 11.1. The molecular weight excluding hydrogens is 236 g/mol. The average Bonchev–Trinajstić information content (AvgIpc) is 2.79. The normalized spacial score (nSPS) is 12.2. The molecule has 0 radical (unpaired) electrons. The Hall–Kier alpha value is -1.36. The molecule has 0 bridgehead atoms. The van der Waals surface area contributed by atoms with Gasteiger partial charge in [0.2, 0.25) is 5.91 Å². The van der Waals surface area contributed by atoms with Gasteiger partial charge >= 0.3 is 0 Å². The van der Waals surface area contributed by atoms with E-state index in [4.69, 9.17) is 0 Å². The third kappa shape index (κ3) is 4.19. The van der Waals surface area contributed by atoms with Gasteiger partial charge < -0.3 is 10.6 Å². The van der Waals surface area contributed by atoms with Crippen LogP contribution in [0.3, 0.4) is 0 Å². The molecule has 2 amide bonds. The van der Waals surface area contributed by atoms with Crippen molar-refractivity contribution in [3.05, 3.63) is 22.4 Å². The van der Waals surface area contributed by atoms with Crippen LogP contribution in [0.5, 0.6) is 0 Å². The number of nitrogens with one attached hydrogen (secondary N) is 2. The van der Waals surface area contributed by atoms with Crippen molar-refractivity contribution in [2.75, 3.05) is 7.05 Å². The number of amides is 2. The highest BCUT2D eigenvalue weighted by atomic mass is 32.1. The molecule has 0 spiro atoms. The van der Waals surface area contributed by atoms with Crippen LogP contribution >= 0.6 is 11.3 Å². The summed E-state index contributed by atoms with van der Waals surface area (Å²) >= 11 is 1.46.